The van der Waals surface area contributed by atoms with Crippen molar-refractivity contribution in [1.82, 2.24) is 34.6 Å². The Balaban J connectivity index is 1.54. The Bertz CT molecular complexity index is 1060. The molecule has 1 N–H and O–H groups in total. The quantitative estimate of drug-likeness (QED) is 0.573. The maximum absolute atomic E-state index is 12.1. The van der Waals surface area contributed by atoms with Crippen LogP contribution in [-0.4, -0.2) is 40.5 Å². The third-order valence-corrected chi connectivity index (χ3v) is 3.50. The summed E-state index contributed by atoms with van der Waals surface area (Å²) in [6.07, 6.45) is 4.94. The van der Waals surface area contributed by atoms with Crippen LogP contribution in [0.1, 0.15) is 16.1 Å². The van der Waals surface area contributed by atoms with Crippen LogP contribution < -0.4 is 10.1 Å². The van der Waals surface area contributed by atoms with Gasteiger partial charge in [0.1, 0.15) is 6.61 Å². The average molecular weight is 350 g/mol. The van der Waals surface area contributed by atoms with Gasteiger partial charge in [0.15, 0.2) is 11.3 Å². The van der Waals surface area contributed by atoms with Gasteiger partial charge in [-0.2, -0.15) is 9.50 Å². The SMILES string of the molecule is Cn1cc(C(=O)Nc2nc3cccc(OCc4cccnc4)n3n2)nn1. The van der Waals surface area contributed by atoms with Gasteiger partial charge in [-0.3, -0.25) is 19.8 Å². The number of fused-ring (bicyclic) bond motifs is 1. The summed E-state index contributed by atoms with van der Waals surface area (Å²) in [5, 5.41) is 14.4. The number of amides is 1. The van der Waals surface area contributed by atoms with E-state index in [4.69, 9.17) is 4.74 Å². The Morgan fingerprint density at radius 3 is 2.96 bits per heavy atom. The van der Waals surface area contributed by atoms with Gasteiger partial charge in [-0.1, -0.05) is 17.3 Å². The number of hydrogen-bond donors (Lipinski definition) is 1. The first-order valence-corrected chi connectivity index (χ1v) is 7.74. The molecule has 0 aliphatic carbocycles. The molecule has 0 aliphatic heterocycles. The lowest BCUT2D eigenvalue weighted by molar-refractivity contribution is 0.102. The van der Waals surface area contributed by atoms with Gasteiger partial charge in [0, 0.05) is 31.1 Å². The van der Waals surface area contributed by atoms with Crippen LogP contribution in [0.15, 0.2) is 48.9 Å². The molecule has 4 rings (SSSR count). The molecule has 0 saturated heterocycles. The molecule has 4 heterocycles. The van der Waals surface area contributed by atoms with Crippen LogP contribution in [0.4, 0.5) is 5.95 Å². The van der Waals surface area contributed by atoms with E-state index in [2.05, 4.69) is 30.7 Å². The third-order valence-electron chi connectivity index (χ3n) is 3.50. The lowest BCUT2D eigenvalue weighted by Crippen LogP contribution is -2.13. The van der Waals surface area contributed by atoms with E-state index in [1.54, 1.807) is 37.6 Å². The zero-order valence-corrected chi connectivity index (χ0v) is 13.8. The number of carbonyl (C=O) groups is 1. The van der Waals surface area contributed by atoms with E-state index in [0.717, 1.165) is 5.56 Å². The molecule has 10 heteroatoms. The largest absolute Gasteiger partial charge is 0.473 e. The Kier molecular flexibility index (Phi) is 3.98. The first kappa shape index (κ1) is 15.7. The van der Waals surface area contributed by atoms with Crippen LogP contribution in [0.25, 0.3) is 5.65 Å². The van der Waals surface area contributed by atoms with Crippen molar-refractivity contribution in [3.63, 3.8) is 0 Å². The molecule has 130 valence electrons. The van der Waals surface area contributed by atoms with Crippen molar-refractivity contribution in [2.24, 2.45) is 7.05 Å². The summed E-state index contributed by atoms with van der Waals surface area (Å²) < 4.78 is 8.75. The van der Waals surface area contributed by atoms with Crippen molar-refractivity contribution >= 4 is 17.5 Å². The fraction of sp³-hybridized carbons (Fsp3) is 0.125. The second kappa shape index (κ2) is 6.59. The number of pyridine rings is 2. The summed E-state index contributed by atoms with van der Waals surface area (Å²) in [4.78, 5) is 20.5. The van der Waals surface area contributed by atoms with Crippen molar-refractivity contribution in [2.75, 3.05) is 5.32 Å². The molecule has 0 fully saturated rings. The van der Waals surface area contributed by atoms with Crippen LogP contribution >= 0.6 is 0 Å². The first-order valence-electron chi connectivity index (χ1n) is 7.74. The summed E-state index contributed by atoms with van der Waals surface area (Å²) in [7, 11) is 1.68. The van der Waals surface area contributed by atoms with E-state index in [1.165, 1.54) is 15.4 Å². The van der Waals surface area contributed by atoms with E-state index >= 15 is 0 Å². The lowest BCUT2D eigenvalue weighted by atomic mass is 10.3. The van der Waals surface area contributed by atoms with Gasteiger partial charge >= 0.3 is 0 Å². The lowest BCUT2D eigenvalue weighted by Gasteiger charge is -2.06. The minimum Gasteiger partial charge on any atom is -0.473 e. The van der Waals surface area contributed by atoms with Gasteiger partial charge in [0.25, 0.3) is 5.91 Å². The summed E-state index contributed by atoms with van der Waals surface area (Å²) >= 11 is 0. The standard InChI is InChI=1S/C16H14N8O2/c1-23-9-12(20-22-23)15(25)19-16-18-13-5-2-6-14(24(13)21-16)26-10-11-4-3-7-17-8-11/h2-9H,10H2,1H3,(H,19,21,25). The summed E-state index contributed by atoms with van der Waals surface area (Å²) in [5.41, 5.74) is 1.66. The minimum atomic E-state index is -0.438. The normalized spacial score (nSPS) is 10.8. The molecule has 4 aromatic rings. The van der Waals surface area contributed by atoms with E-state index in [-0.39, 0.29) is 11.6 Å². The zero-order chi connectivity index (χ0) is 17.9. The van der Waals surface area contributed by atoms with Gasteiger partial charge < -0.3 is 4.74 Å². The maximum atomic E-state index is 12.1. The maximum Gasteiger partial charge on any atom is 0.280 e. The summed E-state index contributed by atoms with van der Waals surface area (Å²) in [6, 6.07) is 9.10. The fourth-order valence-electron chi connectivity index (χ4n) is 2.30. The van der Waals surface area contributed by atoms with Crippen LogP contribution in [0, 0.1) is 0 Å². The molecule has 0 aliphatic rings. The number of rotatable bonds is 5. The number of nitrogens with one attached hydrogen (secondary N) is 1. The number of carbonyl (C=O) groups excluding carboxylic acids is 1. The predicted octanol–water partition coefficient (Wildman–Crippen LogP) is 1.08. The molecule has 1 amide bonds. The van der Waals surface area contributed by atoms with Crippen molar-refractivity contribution in [1.29, 1.82) is 0 Å². The average Bonchev–Trinajstić information content (AvgIpc) is 3.26. The van der Waals surface area contributed by atoms with Crippen molar-refractivity contribution in [2.45, 2.75) is 6.61 Å². The second-order valence-corrected chi connectivity index (χ2v) is 5.45. The highest BCUT2D eigenvalue weighted by Crippen LogP contribution is 2.16. The number of anilines is 1. The smallest absolute Gasteiger partial charge is 0.280 e. The minimum absolute atomic E-state index is 0.151. The van der Waals surface area contributed by atoms with Crippen LogP contribution in [-0.2, 0) is 13.7 Å². The highest BCUT2D eigenvalue weighted by molar-refractivity contribution is 6.01. The zero-order valence-electron chi connectivity index (χ0n) is 13.8. The number of aromatic nitrogens is 7. The summed E-state index contributed by atoms with van der Waals surface area (Å²) in [6.45, 7) is 0.341. The van der Waals surface area contributed by atoms with E-state index in [9.17, 15) is 4.79 Å². The fourth-order valence-corrected chi connectivity index (χ4v) is 2.30. The molecule has 4 aromatic heterocycles. The topological polar surface area (TPSA) is 112 Å². The first-order chi connectivity index (χ1) is 12.7. The Labute approximate surface area is 147 Å². The highest BCUT2D eigenvalue weighted by atomic mass is 16.5. The molecular formula is C16H14N8O2. The molecule has 0 unspecified atom stereocenters. The monoisotopic (exact) mass is 350 g/mol. The van der Waals surface area contributed by atoms with Gasteiger partial charge in [0.05, 0.1) is 6.20 Å². The predicted molar refractivity (Wildman–Crippen MR) is 90.5 cm³/mol. The number of nitrogens with zero attached hydrogens (tertiary/aromatic N) is 7. The van der Waals surface area contributed by atoms with Gasteiger partial charge in [0.2, 0.25) is 11.8 Å². The molecule has 0 aromatic carbocycles. The molecule has 0 atom stereocenters. The highest BCUT2D eigenvalue weighted by Gasteiger charge is 2.14. The van der Waals surface area contributed by atoms with Crippen LogP contribution in [0.2, 0.25) is 0 Å². The van der Waals surface area contributed by atoms with Crippen LogP contribution in [0.3, 0.4) is 0 Å². The van der Waals surface area contributed by atoms with E-state index in [1.807, 2.05) is 12.1 Å². The van der Waals surface area contributed by atoms with Crippen LogP contribution in [0.5, 0.6) is 5.88 Å². The molecule has 0 radical (unpaired) electrons. The molecule has 0 bridgehead atoms. The van der Waals surface area contributed by atoms with Crippen molar-refractivity contribution in [3.05, 3.63) is 60.2 Å². The van der Waals surface area contributed by atoms with Gasteiger partial charge in [-0.15, -0.1) is 10.2 Å². The number of ether oxygens (including phenoxy) is 1. The third kappa shape index (κ3) is 3.20. The Morgan fingerprint density at radius 1 is 1.27 bits per heavy atom. The van der Waals surface area contributed by atoms with Gasteiger partial charge in [-0.05, 0) is 12.1 Å². The molecular weight excluding hydrogens is 336 g/mol. The van der Waals surface area contributed by atoms with E-state index < -0.39 is 5.91 Å². The second-order valence-electron chi connectivity index (χ2n) is 5.45. The van der Waals surface area contributed by atoms with Crippen molar-refractivity contribution < 1.29 is 9.53 Å². The Morgan fingerprint density at radius 2 is 2.19 bits per heavy atom. The Hall–Kier alpha value is -3.82. The summed E-state index contributed by atoms with van der Waals surface area (Å²) in [5.74, 6) is 0.212. The number of aryl methyl sites for hydroxylation is 1. The molecule has 0 saturated carbocycles. The number of hydrogen-bond acceptors (Lipinski definition) is 7. The molecule has 26 heavy (non-hydrogen) atoms. The van der Waals surface area contributed by atoms with Gasteiger partial charge in [-0.25, -0.2) is 0 Å². The molecule has 10 nitrogen and oxygen atoms in total. The molecule has 0 spiro atoms. The van der Waals surface area contributed by atoms with E-state index in [0.29, 0.717) is 18.1 Å². The van der Waals surface area contributed by atoms with Crippen molar-refractivity contribution in [3.8, 4) is 5.88 Å².